The molecule has 0 unspecified atom stereocenters. The number of nitrogens with zero attached hydrogens (tertiary/aromatic N) is 2. The van der Waals surface area contributed by atoms with Crippen LogP contribution in [0.15, 0.2) is 48.1 Å². The number of hydrogen-bond acceptors (Lipinski definition) is 6. The number of hydrogen-bond donors (Lipinski definition) is 2. The summed E-state index contributed by atoms with van der Waals surface area (Å²) in [6.07, 6.45) is 4.13. The first-order chi connectivity index (χ1) is 11.9. The van der Waals surface area contributed by atoms with Gasteiger partial charge in [-0.15, -0.1) is 22.7 Å². The van der Waals surface area contributed by atoms with E-state index in [2.05, 4.69) is 50.9 Å². The van der Waals surface area contributed by atoms with Crippen LogP contribution in [0.2, 0.25) is 0 Å². The SMILES string of the molecule is C1=C(c2cc3c(Nc4ccc5scnc5c4)ccnc3s2)CNC1. The third-order valence-electron chi connectivity index (χ3n) is 4.17. The Balaban J connectivity index is 1.55. The monoisotopic (exact) mass is 350 g/mol. The van der Waals surface area contributed by atoms with Crippen LogP contribution in [0.5, 0.6) is 0 Å². The molecule has 2 N–H and O–H groups in total. The molecule has 5 rings (SSSR count). The summed E-state index contributed by atoms with van der Waals surface area (Å²) in [5, 5.41) is 8.06. The molecule has 118 valence electrons. The van der Waals surface area contributed by atoms with Crippen LogP contribution >= 0.6 is 22.7 Å². The molecular formula is C18H14N4S2. The second-order valence-corrected chi connectivity index (χ2v) is 7.63. The molecule has 0 fully saturated rings. The van der Waals surface area contributed by atoms with Gasteiger partial charge in [-0.05, 0) is 35.9 Å². The van der Waals surface area contributed by atoms with Crippen LogP contribution in [-0.2, 0) is 0 Å². The van der Waals surface area contributed by atoms with Crippen molar-refractivity contribution in [3.8, 4) is 0 Å². The number of anilines is 2. The van der Waals surface area contributed by atoms with Crippen molar-refractivity contribution in [1.29, 1.82) is 0 Å². The van der Waals surface area contributed by atoms with Crippen LogP contribution in [0.3, 0.4) is 0 Å². The topological polar surface area (TPSA) is 49.8 Å². The van der Waals surface area contributed by atoms with Gasteiger partial charge in [0, 0.05) is 35.2 Å². The lowest BCUT2D eigenvalue weighted by Crippen LogP contribution is -2.07. The fourth-order valence-electron chi connectivity index (χ4n) is 2.96. The van der Waals surface area contributed by atoms with Gasteiger partial charge in [-0.2, -0.15) is 0 Å². The van der Waals surface area contributed by atoms with Crippen molar-refractivity contribution in [2.24, 2.45) is 0 Å². The molecule has 0 saturated carbocycles. The minimum Gasteiger partial charge on any atom is -0.355 e. The summed E-state index contributed by atoms with van der Waals surface area (Å²) in [4.78, 5) is 11.3. The number of benzene rings is 1. The fourth-order valence-corrected chi connectivity index (χ4v) is 4.68. The van der Waals surface area contributed by atoms with Gasteiger partial charge < -0.3 is 10.6 Å². The van der Waals surface area contributed by atoms with Crippen LogP contribution in [0.25, 0.3) is 26.0 Å². The number of rotatable bonds is 3. The zero-order valence-corrected chi connectivity index (χ0v) is 14.4. The third-order valence-corrected chi connectivity index (χ3v) is 6.10. The molecule has 1 aromatic carbocycles. The van der Waals surface area contributed by atoms with E-state index in [4.69, 9.17) is 0 Å². The van der Waals surface area contributed by atoms with Crippen molar-refractivity contribution in [1.82, 2.24) is 15.3 Å². The van der Waals surface area contributed by atoms with Crippen LogP contribution in [0.4, 0.5) is 11.4 Å². The lowest BCUT2D eigenvalue weighted by molar-refractivity contribution is 0.898. The summed E-state index contributed by atoms with van der Waals surface area (Å²) in [5.41, 5.74) is 6.42. The second kappa shape index (κ2) is 5.66. The molecule has 24 heavy (non-hydrogen) atoms. The minimum absolute atomic E-state index is 0.941. The first kappa shape index (κ1) is 14.1. The van der Waals surface area contributed by atoms with Gasteiger partial charge in [-0.25, -0.2) is 9.97 Å². The zero-order chi connectivity index (χ0) is 15.9. The summed E-state index contributed by atoms with van der Waals surface area (Å²) in [5.74, 6) is 0. The maximum absolute atomic E-state index is 4.54. The number of thiazole rings is 1. The van der Waals surface area contributed by atoms with Gasteiger partial charge in [0.05, 0.1) is 21.4 Å². The molecule has 1 aliphatic rings. The summed E-state index contributed by atoms with van der Waals surface area (Å²) in [6, 6.07) is 10.6. The minimum atomic E-state index is 0.941. The average Bonchev–Trinajstić information content (AvgIpc) is 3.34. The van der Waals surface area contributed by atoms with E-state index in [1.165, 1.54) is 20.5 Å². The molecule has 3 aromatic heterocycles. The second-order valence-electron chi connectivity index (χ2n) is 5.71. The van der Waals surface area contributed by atoms with Gasteiger partial charge in [0.2, 0.25) is 0 Å². The number of thiophene rings is 1. The molecule has 0 aliphatic carbocycles. The standard InChI is InChI=1S/C18H14N4S2/c1-2-16-15(21-10-23-16)7-12(1)22-14-4-6-20-18-13(14)8-17(24-18)11-3-5-19-9-11/h1-4,6-8,10,19H,5,9H2,(H,20,22). The molecule has 4 heterocycles. The van der Waals surface area contributed by atoms with E-state index in [9.17, 15) is 0 Å². The molecule has 0 spiro atoms. The Hall–Kier alpha value is -2.28. The van der Waals surface area contributed by atoms with Crippen LogP contribution in [-0.4, -0.2) is 23.1 Å². The number of aromatic nitrogens is 2. The lowest BCUT2D eigenvalue weighted by Gasteiger charge is -2.07. The highest BCUT2D eigenvalue weighted by Gasteiger charge is 2.13. The maximum Gasteiger partial charge on any atom is 0.125 e. The highest BCUT2D eigenvalue weighted by Crippen LogP contribution is 2.35. The Morgan fingerprint density at radius 3 is 3.04 bits per heavy atom. The summed E-state index contributed by atoms with van der Waals surface area (Å²) in [6.45, 7) is 1.89. The molecule has 6 heteroatoms. The van der Waals surface area contributed by atoms with Gasteiger partial charge in [-0.3, -0.25) is 0 Å². The van der Waals surface area contributed by atoms with Crippen molar-refractivity contribution < 1.29 is 0 Å². The van der Waals surface area contributed by atoms with E-state index in [0.717, 1.165) is 34.8 Å². The van der Waals surface area contributed by atoms with Gasteiger partial charge in [0.15, 0.2) is 0 Å². The van der Waals surface area contributed by atoms with E-state index in [-0.39, 0.29) is 0 Å². The van der Waals surface area contributed by atoms with Crippen molar-refractivity contribution in [2.75, 3.05) is 18.4 Å². The molecular weight excluding hydrogens is 336 g/mol. The largest absolute Gasteiger partial charge is 0.355 e. The van der Waals surface area contributed by atoms with Gasteiger partial charge in [0.1, 0.15) is 4.83 Å². The van der Waals surface area contributed by atoms with Gasteiger partial charge >= 0.3 is 0 Å². The van der Waals surface area contributed by atoms with E-state index >= 15 is 0 Å². The number of fused-ring (bicyclic) bond motifs is 2. The molecule has 1 aliphatic heterocycles. The predicted molar refractivity (Wildman–Crippen MR) is 103 cm³/mol. The first-order valence-corrected chi connectivity index (χ1v) is 9.45. The maximum atomic E-state index is 4.54. The first-order valence-electron chi connectivity index (χ1n) is 7.76. The van der Waals surface area contributed by atoms with E-state index in [0.29, 0.717) is 0 Å². The summed E-state index contributed by atoms with van der Waals surface area (Å²) in [7, 11) is 0. The Labute approximate surface area is 146 Å². The third kappa shape index (κ3) is 2.39. The molecule has 0 atom stereocenters. The van der Waals surface area contributed by atoms with Gasteiger partial charge in [0.25, 0.3) is 0 Å². The van der Waals surface area contributed by atoms with Crippen LogP contribution < -0.4 is 10.6 Å². The highest BCUT2D eigenvalue weighted by atomic mass is 32.1. The van der Waals surface area contributed by atoms with Crippen molar-refractivity contribution in [3.05, 3.63) is 53.0 Å². The van der Waals surface area contributed by atoms with Gasteiger partial charge in [-0.1, -0.05) is 6.08 Å². The Morgan fingerprint density at radius 1 is 1.12 bits per heavy atom. The van der Waals surface area contributed by atoms with E-state index in [1.807, 2.05) is 17.8 Å². The molecule has 4 aromatic rings. The lowest BCUT2D eigenvalue weighted by atomic mass is 10.2. The van der Waals surface area contributed by atoms with Crippen molar-refractivity contribution in [3.63, 3.8) is 0 Å². The summed E-state index contributed by atoms with van der Waals surface area (Å²) >= 11 is 3.42. The Bertz CT molecular complexity index is 1080. The molecule has 0 radical (unpaired) electrons. The molecule has 0 amide bonds. The molecule has 0 bridgehead atoms. The molecule has 0 saturated heterocycles. The summed E-state index contributed by atoms with van der Waals surface area (Å²) < 4.78 is 1.21. The zero-order valence-electron chi connectivity index (χ0n) is 12.7. The van der Waals surface area contributed by atoms with E-state index < -0.39 is 0 Å². The molecule has 4 nitrogen and oxygen atoms in total. The predicted octanol–water partition coefficient (Wildman–Crippen LogP) is 4.64. The Morgan fingerprint density at radius 2 is 2.12 bits per heavy atom. The average molecular weight is 350 g/mol. The van der Waals surface area contributed by atoms with Crippen LogP contribution in [0, 0.1) is 0 Å². The number of pyridine rings is 1. The highest BCUT2D eigenvalue weighted by molar-refractivity contribution is 7.19. The van der Waals surface area contributed by atoms with Crippen molar-refractivity contribution >= 4 is 60.1 Å². The number of nitrogens with one attached hydrogen (secondary N) is 2. The normalized spacial score (nSPS) is 14.4. The Kier molecular flexibility index (Phi) is 3.33. The van der Waals surface area contributed by atoms with Crippen molar-refractivity contribution in [2.45, 2.75) is 0 Å². The van der Waals surface area contributed by atoms with E-state index in [1.54, 1.807) is 22.7 Å². The smallest absolute Gasteiger partial charge is 0.125 e. The quantitative estimate of drug-likeness (QED) is 0.565. The fraction of sp³-hybridized carbons (Fsp3) is 0.111. The van der Waals surface area contributed by atoms with Crippen LogP contribution in [0.1, 0.15) is 4.88 Å².